The minimum Gasteiger partial charge on any atom is -0.378 e. The van der Waals surface area contributed by atoms with E-state index in [1.807, 2.05) is 0 Å². The Hall–Kier alpha value is -2.50. The highest BCUT2D eigenvalue weighted by atomic mass is 19.4. The van der Waals surface area contributed by atoms with Crippen molar-refractivity contribution in [1.29, 1.82) is 0 Å². The zero-order chi connectivity index (χ0) is 24.7. The van der Waals surface area contributed by atoms with Crippen molar-refractivity contribution in [3.8, 4) is 0 Å². The first-order chi connectivity index (χ1) is 16.2. The average molecular weight is 489 g/mol. The summed E-state index contributed by atoms with van der Waals surface area (Å²) < 4.78 is 47.6. The number of hydrogen-bond donors (Lipinski definition) is 1. The molecule has 190 valence electrons. The molecule has 2 fully saturated rings. The van der Waals surface area contributed by atoms with E-state index in [2.05, 4.69) is 20.0 Å². The molecule has 0 aromatic carbocycles. The second-order valence-corrected chi connectivity index (χ2v) is 8.89. The highest BCUT2D eigenvalue weighted by molar-refractivity contribution is 5.99. The van der Waals surface area contributed by atoms with Gasteiger partial charge in [-0.05, 0) is 18.8 Å². The largest absolute Gasteiger partial charge is 0.471 e. The number of ketones is 1. The number of halogens is 3. The topological polar surface area (TPSA) is 115 Å². The molecule has 3 rings (SSSR count). The summed E-state index contributed by atoms with van der Waals surface area (Å²) in [5.41, 5.74) is 0. The molecule has 9 nitrogen and oxygen atoms in total. The third-order valence-corrected chi connectivity index (χ3v) is 6.43. The molecule has 0 spiro atoms. The second kappa shape index (κ2) is 11.8. The number of alkyl halides is 3. The van der Waals surface area contributed by atoms with Crippen LogP contribution in [0.4, 0.5) is 13.2 Å². The third kappa shape index (κ3) is 7.00. The first kappa shape index (κ1) is 26.1. The van der Waals surface area contributed by atoms with Crippen LogP contribution in [0.3, 0.4) is 0 Å². The first-order valence-corrected chi connectivity index (χ1v) is 11.8. The number of morpholine rings is 1. The monoisotopic (exact) mass is 488 g/mol. The fourth-order valence-electron chi connectivity index (χ4n) is 4.50. The van der Waals surface area contributed by atoms with Crippen LogP contribution in [0.2, 0.25) is 0 Å². The van der Waals surface area contributed by atoms with Gasteiger partial charge in [0.25, 0.3) is 0 Å². The van der Waals surface area contributed by atoms with Gasteiger partial charge in [-0.25, -0.2) is 0 Å². The minimum absolute atomic E-state index is 0.00733. The number of carbonyl (C=O) groups is 3. The van der Waals surface area contributed by atoms with Crippen LogP contribution in [0.1, 0.15) is 74.8 Å². The van der Waals surface area contributed by atoms with E-state index in [0.717, 1.165) is 32.1 Å². The van der Waals surface area contributed by atoms with Crippen molar-refractivity contribution < 1.29 is 36.8 Å². The standard InChI is InChI=1S/C22H31F3N4O5/c1-2-16(18(31)19-27-21(34-28-19)22(23,24)25)26-20(32)15(12-14-6-4-3-5-7-14)13-17(30)29-8-10-33-11-9-29/h14-16H,2-13H2,1H3,(H,26,32). The van der Waals surface area contributed by atoms with Gasteiger partial charge in [-0.1, -0.05) is 44.2 Å². The molecule has 34 heavy (non-hydrogen) atoms. The summed E-state index contributed by atoms with van der Waals surface area (Å²) >= 11 is 0. The van der Waals surface area contributed by atoms with Gasteiger partial charge in [-0.2, -0.15) is 18.2 Å². The molecule has 12 heteroatoms. The molecule has 1 aromatic heterocycles. The lowest BCUT2D eigenvalue weighted by molar-refractivity contribution is -0.159. The predicted molar refractivity (Wildman–Crippen MR) is 113 cm³/mol. The van der Waals surface area contributed by atoms with Crippen molar-refractivity contribution in [2.24, 2.45) is 11.8 Å². The Morgan fingerprint density at radius 3 is 2.41 bits per heavy atom. The highest BCUT2D eigenvalue weighted by Crippen LogP contribution is 2.31. The van der Waals surface area contributed by atoms with Gasteiger partial charge in [0.1, 0.15) is 0 Å². The van der Waals surface area contributed by atoms with Gasteiger partial charge in [0.15, 0.2) is 0 Å². The second-order valence-electron chi connectivity index (χ2n) is 8.89. The molecule has 2 aliphatic rings. The summed E-state index contributed by atoms with van der Waals surface area (Å²) in [6.07, 6.45) is 1.04. The fraction of sp³-hybridized carbons (Fsp3) is 0.773. The minimum atomic E-state index is -4.87. The van der Waals surface area contributed by atoms with Gasteiger partial charge in [0.2, 0.25) is 23.4 Å². The summed E-state index contributed by atoms with van der Waals surface area (Å²) in [7, 11) is 0. The van der Waals surface area contributed by atoms with Crippen molar-refractivity contribution in [1.82, 2.24) is 20.4 Å². The number of amides is 2. The van der Waals surface area contributed by atoms with Crippen molar-refractivity contribution in [3.05, 3.63) is 11.7 Å². The van der Waals surface area contributed by atoms with Gasteiger partial charge in [0.05, 0.1) is 19.3 Å². The van der Waals surface area contributed by atoms with Gasteiger partial charge in [0, 0.05) is 25.4 Å². The molecule has 1 N–H and O–H groups in total. The van der Waals surface area contributed by atoms with E-state index in [4.69, 9.17) is 4.74 Å². The van der Waals surface area contributed by atoms with E-state index in [9.17, 15) is 27.6 Å². The number of ether oxygens (including phenoxy) is 1. The molecule has 2 amide bonds. The molecular formula is C22H31F3N4O5. The Bertz CT molecular complexity index is 848. The molecule has 1 aromatic rings. The summed E-state index contributed by atoms with van der Waals surface area (Å²) in [4.78, 5) is 43.5. The molecule has 0 radical (unpaired) electrons. The van der Waals surface area contributed by atoms with Crippen LogP contribution in [0.5, 0.6) is 0 Å². The average Bonchev–Trinajstić information content (AvgIpc) is 3.34. The van der Waals surface area contributed by atoms with Gasteiger partial charge in [-0.3, -0.25) is 14.4 Å². The van der Waals surface area contributed by atoms with Crippen molar-refractivity contribution in [3.63, 3.8) is 0 Å². The molecular weight excluding hydrogens is 457 g/mol. The Morgan fingerprint density at radius 2 is 1.82 bits per heavy atom. The van der Waals surface area contributed by atoms with Crippen molar-refractivity contribution >= 4 is 17.6 Å². The Kier molecular flexibility index (Phi) is 9.03. The SMILES string of the molecule is CCC(NC(=O)C(CC(=O)N1CCOCC1)CC1CCCCC1)C(=O)c1noc(C(F)(F)F)n1. The van der Waals surface area contributed by atoms with Crippen LogP contribution in [0, 0.1) is 11.8 Å². The summed E-state index contributed by atoms with van der Waals surface area (Å²) in [5.74, 6) is -4.18. The zero-order valence-electron chi connectivity index (χ0n) is 19.2. The lowest BCUT2D eigenvalue weighted by Crippen LogP contribution is -2.46. The van der Waals surface area contributed by atoms with Crippen LogP contribution >= 0.6 is 0 Å². The summed E-state index contributed by atoms with van der Waals surface area (Å²) in [6, 6.07) is -1.13. The van der Waals surface area contributed by atoms with E-state index in [-0.39, 0.29) is 18.7 Å². The first-order valence-electron chi connectivity index (χ1n) is 11.8. The van der Waals surface area contributed by atoms with Crippen LogP contribution in [0.15, 0.2) is 4.52 Å². The number of Topliss-reactive ketones (excluding diaryl/α,β-unsaturated/α-hetero) is 1. The van der Waals surface area contributed by atoms with E-state index in [1.54, 1.807) is 11.8 Å². The smallest absolute Gasteiger partial charge is 0.378 e. The summed E-state index contributed by atoms with van der Waals surface area (Å²) in [6.45, 7) is 3.44. The Balaban J connectivity index is 1.69. The molecule has 2 unspecified atom stereocenters. The van der Waals surface area contributed by atoms with E-state index < -0.39 is 41.5 Å². The molecule has 0 bridgehead atoms. The number of aromatic nitrogens is 2. The molecule has 2 heterocycles. The van der Waals surface area contributed by atoms with E-state index >= 15 is 0 Å². The molecule has 1 saturated carbocycles. The number of rotatable bonds is 9. The predicted octanol–water partition coefficient (Wildman–Crippen LogP) is 3.00. The van der Waals surface area contributed by atoms with E-state index in [1.165, 1.54) is 0 Å². The lowest BCUT2D eigenvalue weighted by atomic mass is 9.81. The molecule has 1 aliphatic heterocycles. The maximum absolute atomic E-state index is 13.2. The lowest BCUT2D eigenvalue weighted by Gasteiger charge is -2.30. The normalized spacial score (nSPS) is 19.5. The Morgan fingerprint density at radius 1 is 1.15 bits per heavy atom. The Labute approximate surface area is 195 Å². The van der Waals surface area contributed by atoms with Crippen molar-refractivity contribution in [2.75, 3.05) is 26.3 Å². The number of carbonyl (C=O) groups excluding carboxylic acids is 3. The van der Waals surface area contributed by atoms with E-state index in [0.29, 0.717) is 38.6 Å². The quantitative estimate of drug-likeness (QED) is 0.532. The van der Waals surface area contributed by atoms with Crippen LogP contribution in [-0.4, -0.2) is 65.0 Å². The van der Waals surface area contributed by atoms with Gasteiger partial charge >= 0.3 is 12.1 Å². The van der Waals surface area contributed by atoms with Crippen LogP contribution in [-0.2, 0) is 20.5 Å². The third-order valence-electron chi connectivity index (χ3n) is 6.43. The maximum Gasteiger partial charge on any atom is 0.471 e. The maximum atomic E-state index is 13.2. The van der Waals surface area contributed by atoms with Gasteiger partial charge in [-0.15, -0.1) is 0 Å². The van der Waals surface area contributed by atoms with Crippen molar-refractivity contribution in [2.45, 2.75) is 70.5 Å². The zero-order valence-corrected chi connectivity index (χ0v) is 19.2. The fourth-order valence-corrected chi connectivity index (χ4v) is 4.50. The van der Waals surface area contributed by atoms with Crippen LogP contribution < -0.4 is 5.32 Å². The molecule has 1 aliphatic carbocycles. The van der Waals surface area contributed by atoms with Gasteiger partial charge < -0.3 is 19.5 Å². The number of nitrogens with zero attached hydrogens (tertiary/aromatic N) is 3. The number of nitrogens with one attached hydrogen (secondary N) is 1. The van der Waals surface area contributed by atoms with Crippen LogP contribution in [0.25, 0.3) is 0 Å². The molecule has 1 saturated heterocycles. The summed E-state index contributed by atoms with van der Waals surface area (Å²) in [5, 5.41) is 5.75. The molecule has 2 atom stereocenters. The highest BCUT2D eigenvalue weighted by Gasteiger charge is 2.40. The number of hydrogen-bond acceptors (Lipinski definition) is 7.